The lowest BCUT2D eigenvalue weighted by Gasteiger charge is -2.14. The third kappa shape index (κ3) is 1.32. The summed E-state index contributed by atoms with van der Waals surface area (Å²) in [6.07, 6.45) is 1.47. The Morgan fingerprint density at radius 2 is 1.93 bits per heavy atom. The molecule has 0 spiro atoms. The van der Waals surface area contributed by atoms with Gasteiger partial charge in [0.2, 0.25) is 0 Å². The third-order valence-electron chi connectivity index (χ3n) is 2.50. The normalized spacial score (nSPS) is 14.5. The summed E-state index contributed by atoms with van der Waals surface area (Å²) < 4.78 is 5.09. The minimum atomic E-state index is 0.494. The molecule has 0 saturated carbocycles. The van der Waals surface area contributed by atoms with Crippen LogP contribution in [0.3, 0.4) is 0 Å². The molecule has 0 unspecified atom stereocenters. The minimum absolute atomic E-state index is 0.494. The van der Waals surface area contributed by atoms with Crippen molar-refractivity contribution in [3.05, 3.63) is 42.5 Å². The first-order chi connectivity index (χ1) is 7.45. The first kappa shape index (κ1) is 8.29. The number of ether oxygens (including phenoxy) is 1. The summed E-state index contributed by atoms with van der Waals surface area (Å²) in [5.74, 6) is 0. The van der Waals surface area contributed by atoms with Gasteiger partial charge in [0.05, 0.1) is 5.69 Å². The fraction of sp³-hybridized carbons (Fsp3) is 0.0833. The predicted molar refractivity (Wildman–Crippen MR) is 60.9 cm³/mol. The van der Waals surface area contributed by atoms with Gasteiger partial charge in [0, 0.05) is 5.39 Å². The van der Waals surface area contributed by atoms with Gasteiger partial charge in [0.1, 0.15) is 0 Å². The molecular formula is C12H10N2O. The van der Waals surface area contributed by atoms with Gasteiger partial charge in [-0.3, -0.25) is 0 Å². The highest BCUT2D eigenvalue weighted by Crippen LogP contribution is 2.27. The molecule has 15 heavy (non-hydrogen) atoms. The molecule has 1 aliphatic heterocycles. The summed E-state index contributed by atoms with van der Waals surface area (Å²) in [7, 11) is 0. The van der Waals surface area contributed by atoms with Gasteiger partial charge in [0.25, 0.3) is 0 Å². The van der Waals surface area contributed by atoms with Crippen molar-refractivity contribution < 1.29 is 4.74 Å². The quantitative estimate of drug-likeness (QED) is 0.703. The summed E-state index contributed by atoms with van der Waals surface area (Å²) in [5, 5.41) is 8.41. The smallest absolute Gasteiger partial charge is 0.195 e. The Labute approximate surface area is 87.6 Å². The molecular weight excluding hydrogens is 188 g/mol. The van der Waals surface area contributed by atoms with E-state index in [1.165, 1.54) is 17.2 Å². The Kier molecular flexibility index (Phi) is 1.81. The molecule has 0 radical (unpaired) electrons. The number of nitrogens with zero attached hydrogens (tertiary/aromatic N) is 2. The van der Waals surface area contributed by atoms with Crippen molar-refractivity contribution in [3.8, 4) is 0 Å². The standard InChI is InChI=1S/C12H10N2O/c1-2-6-11-10(4-1)5-3-7-12(11)14-9-15-8-13-14/h1-8H,9H2. The molecule has 0 aliphatic carbocycles. The molecule has 1 heterocycles. The Hall–Kier alpha value is -2.03. The molecule has 0 saturated heterocycles. The summed E-state index contributed by atoms with van der Waals surface area (Å²) in [4.78, 5) is 0. The van der Waals surface area contributed by atoms with Crippen molar-refractivity contribution >= 4 is 22.9 Å². The van der Waals surface area contributed by atoms with Crippen LogP contribution in [0.1, 0.15) is 0 Å². The second kappa shape index (κ2) is 3.28. The van der Waals surface area contributed by atoms with Gasteiger partial charge in [-0.05, 0) is 11.5 Å². The van der Waals surface area contributed by atoms with Gasteiger partial charge >= 0.3 is 0 Å². The Morgan fingerprint density at radius 3 is 2.80 bits per heavy atom. The van der Waals surface area contributed by atoms with Crippen LogP contribution in [0, 0.1) is 0 Å². The average Bonchev–Trinajstić information content (AvgIpc) is 2.82. The van der Waals surface area contributed by atoms with Crippen LogP contribution in [0.5, 0.6) is 0 Å². The van der Waals surface area contributed by atoms with E-state index in [1.54, 1.807) is 0 Å². The molecule has 0 amide bonds. The minimum Gasteiger partial charge on any atom is -0.459 e. The van der Waals surface area contributed by atoms with Gasteiger partial charge in [-0.1, -0.05) is 36.4 Å². The van der Waals surface area contributed by atoms with Gasteiger partial charge in [-0.2, -0.15) is 0 Å². The van der Waals surface area contributed by atoms with E-state index in [4.69, 9.17) is 4.74 Å². The molecule has 0 atom stereocenters. The second-order valence-corrected chi connectivity index (χ2v) is 3.41. The van der Waals surface area contributed by atoms with E-state index in [2.05, 4.69) is 23.3 Å². The third-order valence-corrected chi connectivity index (χ3v) is 2.50. The molecule has 0 bridgehead atoms. The van der Waals surface area contributed by atoms with Crippen LogP contribution < -0.4 is 5.01 Å². The van der Waals surface area contributed by atoms with E-state index < -0.39 is 0 Å². The number of fused-ring (bicyclic) bond motifs is 1. The number of benzene rings is 2. The SMILES string of the molecule is C1=NN(c2cccc3ccccc23)CO1. The maximum Gasteiger partial charge on any atom is 0.195 e. The van der Waals surface area contributed by atoms with E-state index in [1.807, 2.05) is 29.3 Å². The first-order valence-electron chi connectivity index (χ1n) is 4.84. The lowest BCUT2D eigenvalue weighted by Crippen LogP contribution is -2.12. The molecule has 74 valence electrons. The van der Waals surface area contributed by atoms with Crippen LogP contribution in [0.15, 0.2) is 47.6 Å². The zero-order valence-electron chi connectivity index (χ0n) is 8.13. The van der Waals surface area contributed by atoms with Crippen LogP contribution in [-0.4, -0.2) is 13.1 Å². The summed E-state index contributed by atoms with van der Waals surface area (Å²) >= 11 is 0. The topological polar surface area (TPSA) is 24.8 Å². The largest absolute Gasteiger partial charge is 0.459 e. The molecule has 1 aliphatic rings. The van der Waals surface area contributed by atoms with Gasteiger partial charge in [0.15, 0.2) is 13.1 Å². The molecule has 3 nitrogen and oxygen atoms in total. The molecule has 2 aromatic carbocycles. The van der Waals surface area contributed by atoms with Crippen molar-refractivity contribution in [2.75, 3.05) is 11.7 Å². The molecule has 0 fully saturated rings. The number of hydrogen-bond acceptors (Lipinski definition) is 3. The monoisotopic (exact) mass is 198 g/mol. The Morgan fingerprint density at radius 1 is 1.07 bits per heavy atom. The number of hydrazone groups is 1. The van der Waals surface area contributed by atoms with Crippen molar-refractivity contribution in [1.29, 1.82) is 0 Å². The zero-order chi connectivity index (χ0) is 10.1. The average molecular weight is 198 g/mol. The number of hydrogen-bond donors (Lipinski definition) is 0. The molecule has 3 heteroatoms. The van der Waals surface area contributed by atoms with Gasteiger partial charge in [-0.15, -0.1) is 5.10 Å². The molecule has 3 rings (SSSR count). The maximum atomic E-state index is 5.09. The van der Waals surface area contributed by atoms with E-state index in [0.29, 0.717) is 6.73 Å². The van der Waals surface area contributed by atoms with Crippen LogP contribution in [0.4, 0.5) is 5.69 Å². The molecule has 2 aromatic rings. The van der Waals surface area contributed by atoms with Gasteiger partial charge in [-0.25, -0.2) is 5.01 Å². The highest BCUT2D eigenvalue weighted by Gasteiger charge is 2.11. The van der Waals surface area contributed by atoms with Crippen molar-refractivity contribution in [2.24, 2.45) is 5.10 Å². The predicted octanol–water partition coefficient (Wildman–Crippen LogP) is 2.58. The fourth-order valence-electron chi connectivity index (χ4n) is 1.79. The number of rotatable bonds is 1. The summed E-state index contributed by atoms with van der Waals surface area (Å²) in [6.45, 7) is 0.494. The van der Waals surface area contributed by atoms with Crippen molar-refractivity contribution in [2.45, 2.75) is 0 Å². The van der Waals surface area contributed by atoms with Crippen LogP contribution in [0.2, 0.25) is 0 Å². The van der Waals surface area contributed by atoms with Crippen molar-refractivity contribution in [3.63, 3.8) is 0 Å². The Balaban J connectivity index is 2.21. The molecule has 0 N–H and O–H groups in total. The van der Waals surface area contributed by atoms with E-state index in [0.717, 1.165) is 5.69 Å². The van der Waals surface area contributed by atoms with Crippen molar-refractivity contribution in [1.82, 2.24) is 0 Å². The zero-order valence-corrected chi connectivity index (χ0v) is 8.13. The first-order valence-corrected chi connectivity index (χ1v) is 4.84. The summed E-state index contributed by atoms with van der Waals surface area (Å²) in [5.41, 5.74) is 1.09. The van der Waals surface area contributed by atoms with Gasteiger partial charge < -0.3 is 4.74 Å². The summed E-state index contributed by atoms with van der Waals surface area (Å²) in [6, 6.07) is 14.4. The van der Waals surface area contributed by atoms with Crippen LogP contribution in [-0.2, 0) is 4.74 Å². The maximum absolute atomic E-state index is 5.09. The lowest BCUT2D eigenvalue weighted by atomic mass is 10.1. The highest BCUT2D eigenvalue weighted by atomic mass is 16.5. The number of anilines is 1. The Bertz CT molecular complexity index is 517. The lowest BCUT2D eigenvalue weighted by molar-refractivity contribution is 0.350. The fourth-order valence-corrected chi connectivity index (χ4v) is 1.79. The second-order valence-electron chi connectivity index (χ2n) is 3.41. The van der Waals surface area contributed by atoms with Crippen LogP contribution in [0.25, 0.3) is 10.8 Å². The van der Waals surface area contributed by atoms with E-state index >= 15 is 0 Å². The van der Waals surface area contributed by atoms with Crippen LogP contribution >= 0.6 is 0 Å². The van der Waals surface area contributed by atoms with E-state index in [-0.39, 0.29) is 0 Å². The highest BCUT2D eigenvalue weighted by molar-refractivity contribution is 5.94. The molecule has 0 aromatic heterocycles. The van der Waals surface area contributed by atoms with E-state index in [9.17, 15) is 0 Å².